The first-order valence-electron chi connectivity index (χ1n) is 5.62. The summed E-state index contributed by atoms with van der Waals surface area (Å²) in [6.45, 7) is 4.70. The lowest BCUT2D eigenvalue weighted by atomic mass is 10.0. The molecule has 0 aromatic rings. The minimum Gasteiger partial charge on any atom is -0.735 e. The molecule has 0 aliphatic carbocycles. The van der Waals surface area contributed by atoms with Crippen LogP contribution < -0.4 is 4.72 Å². The first-order valence-corrected chi connectivity index (χ1v) is 7.03. The first-order chi connectivity index (χ1) is 6.92. The van der Waals surface area contributed by atoms with Crippen molar-refractivity contribution >= 4 is 10.3 Å². The van der Waals surface area contributed by atoms with Gasteiger partial charge in [0, 0.05) is 6.54 Å². The van der Waals surface area contributed by atoms with Crippen molar-refractivity contribution in [2.45, 2.75) is 52.4 Å². The van der Waals surface area contributed by atoms with E-state index in [1.807, 2.05) is 4.72 Å². The summed E-state index contributed by atoms with van der Waals surface area (Å²) in [5, 5.41) is 0. The van der Waals surface area contributed by atoms with E-state index in [1.54, 1.807) is 0 Å². The normalized spacial score (nSPS) is 12.3. The molecule has 0 amide bonds. The van der Waals surface area contributed by atoms with Crippen molar-refractivity contribution in [2.24, 2.45) is 5.92 Å². The van der Waals surface area contributed by atoms with Gasteiger partial charge in [-0.3, -0.25) is 0 Å². The van der Waals surface area contributed by atoms with Gasteiger partial charge in [-0.15, -0.1) is 0 Å². The highest BCUT2D eigenvalue weighted by Gasteiger charge is 1.95. The van der Waals surface area contributed by atoms with E-state index in [9.17, 15) is 13.0 Å². The molecule has 0 saturated carbocycles. The predicted octanol–water partition coefficient (Wildman–Crippen LogP) is 2.03. The zero-order chi connectivity index (χ0) is 11.7. The highest BCUT2D eigenvalue weighted by atomic mass is 32.2. The second kappa shape index (κ2) is 8.07. The van der Waals surface area contributed by atoms with Gasteiger partial charge < -0.3 is 4.55 Å². The van der Waals surface area contributed by atoms with Crippen LogP contribution in [-0.4, -0.2) is 19.5 Å². The van der Waals surface area contributed by atoms with E-state index in [0.29, 0.717) is 0 Å². The average molecular weight is 236 g/mol. The molecule has 0 aromatic heterocycles. The van der Waals surface area contributed by atoms with Crippen molar-refractivity contribution in [2.75, 3.05) is 6.54 Å². The Morgan fingerprint density at radius 2 is 1.60 bits per heavy atom. The molecule has 0 rings (SSSR count). The largest absolute Gasteiger partial charge is 0.735 e. The van der Waals surface area contributed by atoms with Crippen LogP contribution in [0, 0.1) is 5.92 Å². The molecule has 0 unspecified atom stereocenters. The predicted molar refractivity (Wildman–Crippen MR) is 60.2 cm³/mol. The molecule has 0 atom stereocenters. The third kappa shape index (κ3) is 13.9. The zero-order valence-electron chi connectivity index (χ0n) is 9.66. The molecule has 1 N–H and O–H groups in total. The molecule has 0 fully saturated rings. The van der Waals surface area contributed by atoms with Crippen LogP contribution in [0.2, 0.25) is 0 Å². The number of unbranched alkanes of at least 4 members (excludes halogenated alkanes) is 4. The van der Waals surface area contributed by atoms with Gasteiger partial charge >= 0.3 is 0 Å². The van der Waals surface area contributed by atoms with E-state index >= 15 is 0 Å². The molecule has 5 heteroatoms. The molecule has 0 radical (unpaired) electrons. The number of rotatable bonds is 9. The van der Waals surface area contributed by atoms with E-state index in [-0.39, 0.29) is 6.54 Å². The third-order valence-electron chi connectivity index (χ3n) is 2.24. The number of nitrogens with one attached hydrogen (secondary N) is 1. The highest BCUT2D eigenvalue weighted by Crippen LogP contribution is 2.10. The molecule has 0 aliphatic rings. The Bertz CT molecular complexity index is 237. The summed E-state index contributed by atoms with van der Waals surface area (Å²) in [7, 11) is -4.23. The van der Waals surface area contributed by atoms with Gasteiger partial charge in [-0.1, -0.05) is 46.0 Å². The molecule has 15 heavy (non-hydrogen) atoms. The van der Waals surface area contributed by atoms with Crippen molar-refractivity contribution in [1.82, 2.24) is 4.72 Å². The Morgan fingerprint density at radius 3 is 2.13 bits per heavy atom. The average Bonchev–Trinajstić information content (AvgIpc) is 2.07. The van der Waals surface area contributed by atoms with Crippen LogP contribution in [0.1, 0.15) is 52.4 Å². The van der Waals surface area contributed by atoms with Gasteiger partial charge in [0.05, 0.1) is 0 Å². The molecule has 0 spiro atoms. The van der Waals surface area contributed by atoms with Crippen LogP contribution in [0.5, 0.6) is 0 Å². The fourth-order valence-electron chi connectivity index (χ4n) is 1.41. The van der Waals surface area contributed by atoms with Gasteiger partial charge in [0.15, 0.2) is 10.3 Å². The molecule has 0 aliphatic heterocycles. The van der Waals surface area contributed by atoms with Crippen LogP contribution in [0.4, 0.5) is 0 Å². The van der Waals surface area contributed by atoms with Crippen LogP contribution in [0.3, 0.4) is 0 Å². The van der Waals surface area contributed by atoms with Crippen molar-refractivity contribution in [1.29, 1.82) is 0 Å². The topological polar surface area (TPSA) is 69.2 Å². The van der Waals surface area contributed by atoms with Gasteiger partial charge in [-0.05, 0) is 12.3 Å². The van der Waals surface area contributed by atoms with E-state index in [0.717, 1.165) is 25.2 Å². The third-order valence-corrected chi connectivity index (χ3v) is 2.79. The summed E-state index contributed by atoms with van der Waals surface area (Å²) in [5.74, 6) is 0.761. The maximum Gasteiger partial charge on any atom is 0.159 e. The minimum absolute atomic E-state index is 0.274. The van der Waals surface area contributed by atoms with E-state index in [2.05, 4.69) is 13.8 Å². The van der Waals surface area contributed by atoms with Crippen molar-refractivity contribution in [3.05, 3.63) is 0 Å². The minimum atomic E-state index is -4.23. The van der Waals surface area contributed by atoms with Gasteiger partial charge in [0.2, 0.25) is 0 Å². The molecular formula is C10H22NO3S-. The lowest BCUT2D eigenvalue weighted by Gasteiger charge is -2.08. The van der Waals surface area contributed by atoms with E-state index in [1.165, 1.54) is 19.3 Å². The van der Waals surface area contributed by atoms with E-state index in [4.69, 9.17) is 0 Å². The zero-order valence-corrected chi connectivity index (χ0v) is 10.5. The van der Waals surface area contributed by atoms with Crippen molar-refractivity contribution in [3.63, 3.8) is 0 Å². The molecule has 0 heterocycles. The summed E-state index contributed by atoms with van der Waals surface area (Å²) in [5.41, 5.74) is 0. The second-order valence-corrected chi connectivity index (χ2v) is 5.50. The summed E-state index contributed by atoms with van der Waals surface area (Å²) >= 11 is 0. The quantitative estimate of drug-likeness (QED) is 0.492. The van der Waals surface area contributed by atoms with Crippen molar-refractivity contribution in [3.8, 4) is 0 Å². The van der Waals surface area contributed by atoms with Gasteiger partial charge in [-0.25, -0.2) is 13.1 Å². The molecule has 0 aromatic carbocycles. The summed E-state index contributed by atoms with van der Waals surface area (Å²) in [6.07, 6.45) is 6.55. The molecule has 0 bridgehead atoms. The van der Waals surface area contributed by atoms with Gasteiger partial charge in [-0.2, -0.15) is 0 Å². The Hall–Kier alpha value is -0.130. The Kier molecular flexibility index (Phi) is 8.00. The lowest BCUT2D eigenvalue weighted by Crippen LogP contribution is -2.23. The number of hydrogen-bond donors (Lipinski definition) is 1. The Morgan fingerprint density at radius 1 is 1.07 bits per heavy atom. The molecule has 0 saturated heterocycles. The lowest BCUT2D eigenvalue weighted by molar-refractivity contribution is 0.445. The Labute approximate surface area is 93.3 Å². The van der Waals surface area contributed by atoms with Crippen LogP contribution in [0.15, 0.2) is 0 Å². The second-order valence-electron chi connectivity index (χ2n) is 4.30. The maximum absolute atomic E-state index is 10.2. The highest BCUT2D eigenvalue weighted by molar-refractivity contribution is 7.83. The van der Waals surface area contributed by atoms with Gasteiger partial charge in [0.1, 0.15) is 0 Å². The smallest absolute Gasteiger partial charge is 0.159 e. The number of hydrogen-bond acceptors (Lipinski definition) is 3. The van der Waals surface area contributed by atoms with Crippen LogP contribution >= 0.6 is 0 Å². The van der Waals surface area contributed by atoms with Crippen LogP contribution in [0.25, 0.3) is 0 Å². The maximum atomic E-state index is 10.2. The summed E-state index contributed by atoms with van der Waals surface area (Å²) in [6, 6.07) is 0. The van der Waals surface area contributed by atoms with Crippen molar-refractivity contribution < 1.29 is 13.0 Å². The first kappa shape index (κ1) is 14.9. The molecule has 92 valence electrons. The standard InChI is InChI=1S/C10H23NO3S/c1-10(2)8-6-4-3-5-7-9-11-15(12,13)14/h10-11H,3-9H2,1-2H3,(H,12,13,14)/p-1. The Balaban J connectivity index is 3.12. The fraction of sp³-hybridized carbons (Fsp3) is 1.00. The summed E-state index contributed by atoms with van der Waals surface area (Å²) < 4.78 is 32.5. The van der Waals surface area contributed by atoms with Gasteiger partial charge in [0.25, 0.3) is 0 Å². The molecule has 4 nitrogen and oxygen atoms in total. The SMILES string of the molecule is CC(C)CCCCCCCNS(=O)(=O)[O-]. The van der Waals surface area contributed by atoms with E-state index < -0.39 is 10.3 Å². The van der Waals surface area contributed by atoms with Crippen LogP contribution in [-0.2, 0) is 10.3 Å². The monoisotopic (exact) mass is 236 g/mol. The summed E-state index contributed by atoms with van der Waals surface area (Å²) in [4.78, 5) is 0. The molecular weight excluding hydrogens is 214 g/mol. The fourth-order valence-corrected chi connectivity index (χ4v) is 1.80.